The first-order valence-corrected chi connectivity index (χ1v) is 11.6. The minimum Gasteiger partial charge on any atom is -0.355 e. The molecule has 1 heterocycles. The summed E-state index contributed by atoms with van der Waals surface area (Å²) in [6, 6.07) is 13.9. The minimum absolute atomic E-state index is 0.120. The lowest BCUT2D eigenvalue weighted by atomic mass is 10.1. The van der Waals surface area contributed by atoms with Gasteiger partial charge in [-0.05, 0) is 36.8 Å². The molecule has 3 rings (SSSR count). The fraction of sp³-hybridized carbons (Fsp3) is 0.364. The monoisotopic (exact) mass is 444 g/mol. The van der Waals surface area contributed by atoms with E-state index >= 15 is 0 Å². The van der Waals surface area contributed by atoms with Crippen LogP contribution in [0.15, 0.2) is 53.4 Å². The highest BCUT2D eigenvalue weighted by Gasteiger charge is 2.28. The third kappa shape index (κ3) is 5.90. The van der Waals surface area contributed by atoms with E-state index in [2.05, 4.69) is 10.6 Å². The maximum atomic E-state index is 12.8. The molecular formula is C22H28N4O4S. The fourth-order valence-electron chi connectivity index (χ4n) is 3.37. The highest BCUT2D eigenvalue weighted by Crippen LogP contribution is 2.18. The van der Waals surface area contributed by atoms with Gasteiger partial charge >= 0.3 is 0 Å². The van der Waals surface area contributed by atoms with Crippen molar-refractivity contribution >= 4 is 21.8 Å². The van der Waals surface area contributed by atoms with Gasteiger partial charge in [-0.3, -0.25) is 14.5 Å². The lowest BCUT2D eigenvalue weighted by molar-refractivity contribution is -0.122. The Morgan fingerprint density at radius 1 is 0.935 bits per heavy atom. The molecular weight excluding hydrogens is 416 g/mol. The summed E-state index contributed by atoms with van der Waals surface area (Å²) >= 11 is 0. The number of hydrogen-bond donors (Lipinski definition) is 2. The number of nitrogens with one attached hydrogen (secondary N) is 2. The number of benzene rings is 2. The molecule has 8 nitrogen and oxygen atoms in total. The second kappa shape index (κ2) is 10.0. The minimum atomic E-state index is -3.51. The smallest absolute Gasteiger partial charge is 0.251 e. The average Bonchev–Trinajstić information content (AvgIpc) is 2.78. The van der Waals surface area contributed by atoms with Crippen LogP contribution in [0.3, 0.4) is 0 Å². The molecule has 0 spiro atoms. The summed E-state index contributed by atoms with van der Waals surface area (Å²) in [6.45, 7) is 4.21. The van der Waals surface area contributed by atoms with Crippen molar-refractivity contribution in [3.63, 3.8) is 0 Å². The van der Waals surface area contributed by atoms with Crippen molar-refractivity contribution in [2.24, 2.45) is 0 Å². The molecule has 1 saturated heterocycles. The van der Waals surface area contributed by atoms with Gasteiger partial charge in [-0.25, -0.2) is 8.42 Å². The summed E-state index contributed by atoms with van der Waals surface area (Å²) < 4.78 is 27.0. The SMILES string of the molecule is CNC(=O)c1ccc(CNC(=O)CN2CCN(S(=O)(=O)c3ccc(C)cc3)CC2)cc1. The number of sulfonamides is 1. The normalized spacial score (nSPS) is 15.4. The highest BCUT2D eigenvalue weighted by atomic mass is 32.2. The predicted molar refractivity (Wildman–Crippen MR) is 118 cm³/mol. The van der Waals surface area contributed by atoms with Gasteiger partial charge in [0.05, 0.1) is 11.4 Å². The molecule has 2 aromatic rings. The number of amides is 2. The molecule has 1 aliphatic heterocycles. The molecule has 2 amide bonds. The van der Waals surface area contributed by atoms with Crippen LogP contribution in [0.1, 0.15) is 21.5 Å². The third-order valence-corrected chi connectivity index (χ3v) is 7.20. The summed E-state index contributed by atoms with van der Waals surface area (Å²) in [5.41, 5.74) is 2.48. The first kappa shape index (κ1) is 22.9. The summed E-state index contributed by atoms with van der Waals surface area (Å²) in [6.07, 6.45) is 0. The largest absolute Gasteiger partial charge is 0.355 e. The molecule has 0 unspecified atom stereocenters. The number of aryl methyl sites for hydroxylation is 1. The van der Waals surface area contributed by atoms with Crippen LogP contribution in [-0.2, 0) is 21.4 Å². The van der Waals surface area contributed by atoms with Gasteiger partial charge in [-0.1, -0.05) is 29.8 Å². The van der Waals surface area contributed by atoms with Gasteiger partial charge in [0.15, 0.2) is 0 Å². The van der Waals surface area contributed by atoms with Crippen LogP contribution < -0.4 is 10.6 Å². The summed E-state index contributed by atoms with van der Waals surface area (Å²) in [4.78, 5) is 26.1. The third-order valence-electron chi connectivity index (χ3n) is 5.29. The lowest BCUT2D eigenvalue weighted by Crippen LogP contribution is -2.50. The molecule has 2 N–H and O–H groups in total. The number of piperazine rings is 1. The maximum absolute atomic E-state index is 12.8. The molecule has 0 aromatic heterocycles. The molecule has 166 valence electrons. The van der Waals surface area contributed by atoms with Gasteiger partial charge in [0.2, 0.25) is 15.9 Å². The number of hydrogen-bond acceptors (Lipinski definition) is 5. The Balaban J connectivity index is 1.45. The van der Waals surface area contributed by atoms with Crippen molar-refractivity contribution in [2.75, 3.05) is 39.8 Å². The number of carbonyl (C=O) groups is 2. The standard InChI is InChI=1S/C22H28N4O4S/c1-17-3-9-20(10-4-17)31(29,30)26-13-11-25(12-14-26)16-21(27)24-15-18-5-7-19(8-6-18)22(28)23-2/h3-10H,11-16H2,1-2H3,(H,23,28)(H,24,27). The Hall–Kier alpha value is -2.75. The van der Waals surface area contributed by atoms with Crippen molar-refractivity contribution < 1.29 is 18.0 Å². The van der Waals surface area contributed by atoms with Crippen molar-refractivity contribution in [1.82, 2.24) is 19.8 Å². The zero-order valence-corrected chi connectivity index (χ0v) is 18.6. The number of rotatable bonds is 7. The van der Waals surface area contributed by atoms with Crippen LogP contribution in [0.5, 0.6) is 0 Å². The van der Waals surface area contributed by atoms with Crippen molar-refractivity contribution in [2.45, 2.75) is 18.4 Å². The Morgan fingerprint density at radius 3 is 2.13 bits per heavy atom. The molecule has 2 aromatic carbocycles. The molecule has 1 aliphatic rings. The van der Waals surface area contributed by atoms with Crippen LogP contribution in [-0.4, -0.2) is 69.2 Å². The summed E-state index contributed by atoms with van der Waals surface area (Å²) in [7, 11) is -1.93. The summed E-state index contributed by atoms with van der Waals surface area (Å²) in [5.74, 6) is -0.274. The van der Waals surface area contributed by atoms with Crippen molar-refractivity contribution in [3.8, 4) is 0 Å². The van der Waals surface area contributed by atoms with Crippen molar-refractivity contribution in [3.05, 3.63) is 65.2 Å². The predicted octanol–water partition coefficient (Wildman–Crippen LogP) is 0.977. The van der Waals surface area contributed by atoms with Gasteiger partial charge in [-0.15, -0.1) is 0 Å². The van der Waals surface area contributed by atoms with E-state index in [4.69, 9.17) is 0 Å². The van der Waals surface area contributed by atoms with E-state index in [0.717, 1.165) is 11.1 Å². The van der Waals surface area contributed by atoms with Crippen molar-refractivity contribution in [1.29, 1.82) is 0 Å². The highest BCUT2D eigenvalue weighted by molar-refractivity contribution is 7.89. The van der Waals surface area contributed by atoms with Crippen LogP contribution in [0.2, 0.25) is 0 Å². The lowest BCUT2D eigenvalue weighted by Gasteiger charge is -2.33. The zero-order valence-electron chi connectivity index (χ0n) is 17.8. The summed E-state index contributed by atoms with van der Waals surface area (Å²) in [5, 5.41) is 5.43. The van der Waals surface area contributed by atoms with Crippen LogP contribution in [0.4, 0.5) is 0 Å². The van der Waals surface area contributed by atoms with E-state index in [-0.39, 0.29) is 18.4 Å². The van der Waals surface area contributed by atoms with E-state index < -0.39 is 10.0 Å². The van der Waals surface area contributed by atoms with Crippen LogP contribution in [0.25, 0.3) is 0 Å². The Bertz CT molecular complexity index is 1010. The number of nitrogens with zero attached hydrogens (tertiary/aromatic N) is 2. The van der Waals surface area contributed by atoms with Crippen LogP contribution in [0, 0.1) is 6.92 Å². The molecule has 1 fully saturated rings. The first-order chi connectivity index (χ1) is 14.8. The molecule has 0 radical (unpaired) electrons. The van der Waals surface area contributed by atoms with E-state index in [1.807, 2.05) is 11.8 Å². The van der Waals surface area contributed by atoms with E-state index in [9.17, 15) is 18.0 Å². The molecule has 0 bridgehead atoms. The van der Waals surface area contributed by atoms with Gasteiger partial charge in [0, 0.05) is 45.3 Å². The maximum Gasteiger partial charge on any atom is 0.251 e. The second-order valence-electron chi connectivity index (χ2n) is 7.55. The number of carbonyl (C=O) groups excluding carboxylic acids is 2. The second-order valence-corrected chi connectivity index (χ2v) is 9.48. The topological polar surface area (TPSA) is 98.8 Å². The zero-order chi connectivity index (χ0) is 22.4. The quantitative estimate of drug-likeness (QED) is 0.663. The van der Waals surface area contributed by atoms with Gasteiger partial charge < -0.3 is 10.6 Å². The Labute approximate surface area is 183 Å². The average molecular weight is 445 g/mol. The molecule has 0 atom stereocenters. The van der Waals surface area contributed by atoms with Gasteiger partial charge in [-0.2, -0.15) is 4.31 Å². The molecule has 9 heteroatoms. The molecule has 0 saturated carbocycles. The van der Waals surface area contributed by atoms with Gasteiger partial charge in [0.1, 0.15) is 0 Å². The van der Waals surface area contributed by atoms with Crippen LogP contribution >= 0.6 is 0 Å². The Morgan fingerprint density at radius 2 is 1.55 bits per heavy atom. The molecule has 31 heavy (non-hydrogen) atoms. The molecule has 0 aliphatic carbocycles. The fourth-order valence-corrected chi connectivity index (χ4v) is 4.79. The first-order valence-electron chi connectivity index (χ1n) is 10.2. The van der Waals surface area contributed by atoms with Gasteiger partial charge in [0.25, 0.3) is 5.91 Å². The van der Waals surface area contributed by atoms with E-state index in [1.165, 1.54) is 4.31 Å². The van der Waals surface area contributed by atoms with E-state index in [0.29, 0.717) is 43.2 Å². The van der Waals surface area contributed by atoms with E-state index in [1.54, 1.807) is 55.6 Å². The Kier molecular flexibility index (Phi) is 7.42.